The zero-order valence-corrected chi connectivity index (χ0v) is 11.0. The summed E-state index contributed by atoms with van der Waals surface area (Å²) in [4.78, 5) is -0.288. The average molecular weight is 283 g/mol. The maximum atomic E-state index is 13.5. The molecule has 0 spiro atoms. The van der Waals surface area contributed by atoms with E-state index in [4.69, 9.17) is 11.0 Å². The summed E-state index contributed by atoms with van der Waals surface area (Å²) in [6, 6.07) is 4.99. The normalized spacial score (nSPS) is 21.0. The molecule has 0 bridgehead atoms. The van der Waals surface area contributed by atoms with Crippen LogP contribution in [0.15, 0.2) is 23.1 Å². The third-order valence-corrected chi connectivity index (χ3v) is 5.03. The van der Waals surface area contributed by atoms with Crippen molar-refractivity contribution in [3.05, 3.63) is 29.6 Å². The van der Waals surface area contributed by atoms with Gasteiger partial charge in [-0.2, -0.15) is 9.57 Å². The highest BCUT2D eigenvalue weighted by atomic mass is 32.2. The standard InChI is InChI=1S/C12H14FN3O2S/c13-11-4-1-5-12(10(11)7-14)19(17,18)16-6-2-3-9(15)8-16/h1,4-5,9H,2-3,6,8,15H2. The van der Waals surface area contributed by atoms with Gasteiger partial charge in [0, 0.05) is 19.1 Å². The van der Waals surface area contributed by atoms with Crippen molar-refractivity contribution in [1.82, 2.24) is 4.31 Å². The molecule has 19 heavy (non-hydrogen) atoms. The summed E-state index contributed by atoms with van der Waals surface area (Å²) >= 11 is 0. The van der Waals surface area contributed by atoms with Gasteiger partial charge >= 0.3 is 0 Å². The Morgan fingerprint density at radius 3 is 2.84 bits per heavy atom. The minimum Gasteiger partial charge on any atom is -0.327 e. The van der Waals surface area contributed by atoms with E-state index in [1.54, 1.807) is 6.07 Å². The lowest BCUT2D eigenvalue weighted by Gasteiger charge is -2.30. The van der Waals surface area contributed by atoms with Crippen LogP contribution in [0, 0.1) is 17.1 Å². The topological polar surface area (TPSA) is 87.2 Å². The van der Waals surface area contributed by atoms with Crippen LogP contribution in [0.1, 0.15) is 18.4 Å². The summed E-state index contributed by atoms with van der Waals surface area (Å²) in [6.07, 6.45) is 1.43. The first-order valence-electron chi connectivity index (χ1n) is 5.91. The number of sulfonamides is 1. The minimum atomic E-state index is -3.87. The molecule has 2 N–H and O–H groups in total. The molecule has 0 radical (unpaired) electrons. The van der Waals surface area contributed by atoms with Crippen molar-refractivity contribution in [2.24, 2.45) is 5.73 Å². The molecule has 1 saturated heterocycles. The maximum Gasteiger partial charge on any atom is 0.244 e. The van der Waals surface area contributed by atoms with Gasteiger partial charge < -0.3 is 5.73 Å². The van der Waals surface area contributed by atoms with Crippen LogP contribution < -0.4 is 5.73 Å². The molecule has 1 aliphatic rings. The lowest BCUT2D eigenvalue weighted by atomic mass is 10.1. The first kappa shape index (κ1) is 13.9. The van der Waals surface area contributed by atoms with Crippen LogP contribution in [0.2, 0.25) is 0 Å². The third kappa shape index (κ3) is 2.61. The number of benzene rings is 1. The first-order valence-corrected chi connectivity index (χ1v) is 7.35. The Bertz CT molecular complexity index is 624. The van der Waals surface area contributed by atoms with Crippen LogP contribution in [-0.4, -0.2) is 31.9 Å². The molecule has 5 nitrogen and oxygen atoms in total. The molecule has 1 heterocycles. The number of nitrogens with two attached hydrogens (primary N) is 1. The van der Waals surface area contributed by atoms with E-state index in [9.17, 15) is 12.8 Å². The summed E-state index contributed by atoms with van der Waals surface area (Å²) < 4.78 is 39.5. The number of hydrogen-bond acceptors (Lipinski definition) is 4. The molecule has 102 valence electrons. The Morgan fingerprint density at radius 1 is 1.47 bits per heavy atom. The van der Waals surface area contributed by atoms with Crippen LogP contribution in [0.25, 0.3) is 0 Å². The Labute approximate surface area is 111 Å². The molecule has 1 aromatic rings. The van der Waals surface area contributed by atoms with E-state index in [-0.39, 0.29) is 17.5 Å². The molecule has 2 rings (SSSR count). The minimum absolute atomic E-state index is 0.198. The number of nitrogens with zero attached hydrogens (tertiary/aromatic N) is 2. The van der Waals surface area contributed by atoms with E-state index in [2.05, 4.69) is 0 Å². The molecule has 1 aromatic carbocycles. The smallest absolute Gasteiger partial charge is 0.244 e. The van der Waals surface area contributed by atoms with Crippen molar-refractivity contribution in [2.45, 2.75) is 23.8 Å². The fourth-order valence-electron chi connectivity index (χ4n) is 2.16. The fourth-order valence-corrected chi connectivity index (χ4v) is 3.85. The molecule has 0 aromatic heterocycles. The molecule has 0 amide bonds. The number of rotatable bonds is 2. The van der Waals surface area contributed by atoms with Crippen molar-refractivity contribution < 1.29 is 12.8 Å². The van der Waals surface area contributed by atoms with Crippen molar-refractivity contribution >= 4 is 10.0 Å². The van der Waals surface area contributed by atoms with Gasteiger partial charge in [-0.05, 0) is 25.0 Å². The van der Waals surface area contributed by atoms with Crippen LogP contribution in [-0.2, 0) is 10.0 Å². The second-order valence-corrected chi connectivity index (χ2v) is 6.40. The largest absolute Gasteiger partial charge is 0.327 e. The van der Waals surface area contributed by atoms with Crippen molar-refractivity contribution in [2.75, 3.05) is 13.1 Å². The number of hydrogen-bond donors (Lipinski definition) is 1. The monoisotopic (exact) mass is 283 g/mol. The Balaban J connectivity index is 2.46. The fraction of sp³-hybridized carbons (Fsp3) is 0.417. The summed E-state index contributed by atoms with van der Waals surface area (Å²) in [5, 5.41) is 8.92. The highest BCUT2D eigenvalue weighted by Gasteiger charge is 2.31. The third-order valence-electron chi connectivity index (χ3n) is 3.13. The van der Waals surface area contributed by atoms with Crippen LogP contribution in [0.5, 0.6) is 0 Å². The van der Waals surface area contributed by atoms with Crippen LogP contribution in [0.3, 0.4) is 0 Å². The molecule has 0 saturated carbocycles. The van der Waals surface area contributed by atoms with Gasteiger partial charge in [-0.3, -0.25) is 0 Å². The van der Waals surface area contributed by atoms with E-state index in [1.165, 1.54) is 16.4 Å². The van der Waals surface area contributed by atoms with Gasteiger partial charge in [0.1, 0.15) is 22.3 Å². The SMILES string of the molecule is N#Cc1c(F)cccc1S(=O)(=O)N1CCCC(N)C1. The van der Waals surface area contributed by atoms with Gasteiger partial charge in [0.05, 0.1) is 0 Å². The predicted molar refractivity (Wildman–Crippen MR) is 67.1 cm³/mol. The molecule has 1 unspecified atom stereocenters. The molecule has 1 aliphatic heterocycles. The van der Waals surface area contributed by atoms with Crippen LogP contribution >= 0.6 is 0 Å². The molecular formula is C12H14FN3O2S. The zero-order valence-electron chi connectivity index (χ0n) is 10.2. The molecule has 7 heteroatoms. The first-order chi connectivity index (χ1) is 8.96. The van der Waals surface area contributed by atoms with Gasteiger partial charge in [0.15, 0.2) is 0 Å². The summed E-state index contributed by atoms with van der Waals surface area (Å²) in [7, 11) is -3.87. The second kappa shape index (κ2) is 5.25. The van der Waals surface area contributed by atoms with Crippen LogP contribution in [0.4, 0.5) is 4.39 Å². The van der Waals surface area contributed by atoms with E-state index in [0.29, 0.717) is 13.0 Å². The van der Waals surface area contributed by atoms with E-state index >= 15 is 0 Å². The quantitative estimate of drug-likeness (QED) is 0.870. The van der Waals surface area contributed by atoms with E-state index in [0.717, 1.165) is 12.5 Å². The van der Waals surface area contributed by atoms with Gasteiger partial charge in [-0.25, -0.2) is 12.8 Å². The lowest BCUT2D eigenvalue weighted by Crippen LogP contribution is -2.45. The van der Waals surface area contributed by atoms with Gasteiger partial charge in [-0.1, -0.05) is 6.07 Å². The Hall–Kier alpha value is -1.49. The van der Waals surface area contributed by atoms with E-state index in [1.807, 2.05) is 0 Å². The van der Waals surface area contributed by atoms with Gasteiger partial charge in [-0.15, -0.1) is 0 Å². The summed E-state index contributed by atoms with van der Waals surface area (Å²) in [6.45, 7) is 0.543. The number of halogens is 1. The highest BCUT2D eigenvalue weighted by Crippen LogP contribution is 2.24. The molecule has 1 atom stereocenters. The highest BCUT2D eigenvalue weighted by molar-refractivity contribution is 7.89. The molecular weight excluding hydrogens is 269 g/mol. The number of piperidine rings is 1. The Morgan fingerprint density at radius 2 is 2.21 bits per heavy atom. The second-order valence-electron chi connectivity index (χ2n) is 4.49. The number of nitriles is 1. The summed E-state index contributed by atoms with van der Waals surface area (Å²) in [5.41, 5.74) is 5.31. The zero-order chi connectivity index (χ0) is 14.0. The lowest BCUT2D eigenvalue weighted by molar-refractivity contribution is 0.316. The maximum absolute atomic E-state index is 13.5. The van der Waals surface area contributed by atoms with Crippen molar-refractivity contribution in [1.29, 1.82) is 5.26 Å². The summed E-state index contributed by atoms with van der Waals surface area (Å²) in [5.74, 6) is -0.829. The molecule has 0 aliphatic carbocycles. The predicted octanol–water partition coefficient (Wildman–Crippen LogP) is 0.809. The van der Waals surface area contributed by atoms with Crippen molar-refractivity contribution in [3.63, 3.8) is 0 Å². The van der Waals surface area contributed by atoms with Gasteiger partial charge in [0.25, 0.3) is 0 Å². The Kier molecular flexibility index (Phi) is 3.85. The molecule has 1 fully saturated rings. The van der Waals surface area contributed by atoms with Gasteiger partial charge in [0.2, 0.25) is 10.0 Å². The van der Waals surface area contributed by atoms with Crippen molar-refractivity contribution in [3.8, 4) is 6.07 Å². The van der Waals surface area contributed by atoms with E-state index < -0.39 is 21.4 Å². The average Bonchev–Trinajstić information content (AvgIpc) is 2.38.